The Bertz CT molecular complexity index is 1200. The molecule has 0 saturated carbocycles. The van der Waals surface area contributed by atoms with E-state index in [0.29, 0.717) is 35.8 Å². The van der Waals surface area contributed by atoms with Crippen LogP contribution in [0.5, 0.6) is 5.75 Å². The summed E-state index contributed by atoms with van der Waals surface area (Å²) in [4.78, 5) is 20.2. The molecule has 0 saturated heterocycles. The van der Waals surface area contributed by atoms with Crippen LogP contribution in [0.4, 0.5) is 13.2 Å². The Kier molecular flexibility index (Phi) is 12.2. The van der Waals surface area contributed by atoms with Gasteiger partial charge in [-0.2, -0.15) is 18.4 Å². The number of hydrogen-bond acceptors (Lipinski definition) is 6. The van der Waals surface area contributed by atoms with Gasteiger partial charge in [0.25, 0.3) is 0 Å². The molecule has 0 radical (unpaired) electrons. The number of aliphatic hydroxyl groups is 1. The van der Waals surface area contributed by atoms with Crippen molar-refractivity contribution in [1.29, 1.82) is 5.26 Å². The van der Waals surface area contributed by atoms with Crippen LogP contribution in [0.15, 0.2) is 42.5 Å². The number of nitrogens with zero attached hydrogens (tertiary/aromatic N) is 1. The third-order valence-electron chi connectivity index (χ3n) is 6.93. The predicted molar refractivity (Wildman–Crippen MR) is 146 cm³/mol. The minimum Gasteiger partial charge on any atom is -0.489 e. The second-order valence-electron chi connectivity index (χ2n) is 10.8. The minimum absolute atomic E-state index is 0.0210. The first-order chi connectivity index (χ1) is 19.2. The van der Waals surface area contributed by atoms with Crippen LogP contribution in [-0.4, -0.2) is 58.2 Å². The number of rotatable bonds is 12. The van der Waals surface area contributed by atoms with Crippen molar-refractivity contribution in [2.45, 2.75) is 76.6 Å². The van der Waals surface area contributed by atoms with Crippen molar-refractivity contribution in [2.75, 3.05) is 13.2 Å². The summed E-state index contributed by atoms with van der Waals surface area (Å²) < 4.78 is 37.7. The number of aliphatic hydroxyl groups excluding tert-OH is 1. The van der Waals surface area contributed by atoms with Crippen molar-refractivity contribution in [3.8, 4) is 11.8 Å². The third kappa shape index (κ3) is 10.7. The van der Waals surface area contributed by atoms with Gasteiger partial charge in [0.05, 0.1) is 12.0 Å². The molecule has 4 N–H and O–H groups in total. The van der Waals surface area contributed by atoms with Gasteiger partial charge in [0.15, 0.2) is 0 Å². The first-order valence-electron chi connectivity index (χ1n) is 13.3. The number of aliphatic carboxylic acids is 2. The number of fused-ring (bicyclic) bond motifs is 1. The summed E-state index contributed by atoms with van der Waals surface area (Å²) in [5.74, 6) is -2.95. The number of nitriles is 1. The van der Waals surface area contributed by atoms with E-state index in [-0.39, 0.29) is 24.5 Å². The van der Waals surface area contributed by atoms with Gasteiger partial charge in [-0.15, -0.1) is 0 Å². The molecule has 0 spiro atoms. The highest BCUT2D eigenvalue weighted by atomic mass is 19.4. The van der Waals surface area contributed by atoms with E-state index in [1.54, 1.807) is 18.2 Å². The zero-order chi connectivity index (χ0) is 30.8. The number of carboxylic acids is 2. The van der Waals surface area contributed by atoms with Crippen LogP contribution in [-0.2, 0) is 22.4 Å². The van der Waals surface area contributed by atoms with E-state index in [1.165, 1.54) is 11.1 Å². The lowest BCUT2D eigenvalue weighted by molar-refractivity contribution is -0.192. The highest BCUT2D eigenvalue weighted by Gasteiger charge is 2.38. The summed E-state index contributed by atoms with van der Waals surface area (Å²) in [6.07, 6.45) is -2.08. The highest BCUT2D eigenvalue weighted by Crippen LogP contribution is 2.35. The number of carboxylic acid groups (broad SMARTS) is 2. The number of carbonyl (C=O) groups is 2. The Hall–Kier alpha value is -3.62. The number of nitrogens with one attached hydrogen (secondary N) is 1. The van der Waals surface area contributed by atoms with Crippen molar-refractivity contribution >= 4 is 11.9 Å². The Balaban J connectivity index is 0.000000745. The Morgan fingerprint density at radius 3 is 2.17 bits per heavy atom. The number of benzene rings is 2. The summed E-state index contributed by atoms with van der Waals surface area (Å²) in [6.45, 7) is 6.62. The number of hydrogen-bond donors (Lipinski definition) is 4. The molecule has 0 aliphatic heterocycles. The maximum Gasteiger partial charge on any atom is 0.490 e. The van der Waals surface area contributed by atoms with Gasteiger partial charge in [0, 0.05) is 12.1 Å². The molecule has 0 aromatic heterocycles. The van der Waals surface area contributed by atoms with Crippen LogP contribution in [0.3, 0.4) is 0 Å². The van der Waals surface area contributed by atoms with E-state index in [2.05, 4.69) is 49.5 Å². The van der Waals surface area contributed by atoms with Crippen LogP contribution in [0.25, 0.3) is 0 Å². The zero-order valence-corrected chi connectivity index (χ0v) is 23.4. The van der Waals surface area contributed by atoms with Gasteiger partial charge >= 0.3 is 18.1 Å². The van der Waals surface area contributed by atoms with Gasteiger partial charge in [-0.25, -0.2) is 4.79 Å². The van der Waals surface area contributed by atoms with Gasteiger partial charge in [0.2, 0.25) is 0 Å². The van der Waals surface area contributed by atoms with Gasteiger partial charge in [0.1, 0.15) is 24.5 Å². The van der Waals surface area contributed by atoms with Crippen molar-refractivity contribution < 1.29 is 42.8 Å². The van der Waals surface area contributed by atoms with E-state index in [1.807, 2.05) is 6.92 Å². The zero-order valence-electron chi connectivity index (χ0n) is 23.4. The monoisotopic (exact) mass is 578 g/mol. The van der Waals surface area contributed by atoms with Crippen molar-refractivity contribution in [2.24, 2.45) is 5.92 Å². The van der Waals surface area contributed by atoms with Crippen LogP contribution in [0.2, 0.25) is 0 Å². The van der Waals surface area contributed by atoms with Crippen molar-refractivity contribution in [3.63, 3.8) is 0 Å². The van der Waals surface area contributed by atoms with Crippen LogP contribution >= 0.6 is 0 Å². The first kappa shape index (κ1) is 33.6. The number of ether oxygens (including phenoxy) is 1. The summed E-state index contributed by atoms with van der Waals surface area (Å²) >= 11 is 0. The quantitative estimate of drug-likeness (QED) is 0.274. The summed E-state index contributed by atoms with van der Waals surface area (Å²) in [6, 6.07) is 15.9. The maximum atomic E-state index is 11.3. The van der Waals surface area contributed by atoms with E-state index in [9.17, 15) is 33.4 Å². The van der Waals surface area contributed by atoms with Crippen molar-refractivity contribution in [1.82, 2.24) is 5.32 Å². The SMILES string of the molecule is CCC(CC(=O)O)c1cccc(C#N)c1OC[C@H](O)CNC(C)(C)CC1Cc2ccccc2C1.O=C(O)C(F)(F)F. The number of alkyl halides is 3. The molecular weight excluding hydrogens is 541 g/mol. The molecule has 2 aromatic rings. The smallest absolute Gasteiger partial charge is 0.489 e. The van der Waals surface area contributed by atoms with Gasteiger partial charge < -0.3 is 25.4 Å². The van der Waals surface area contributed by atoms with Gasteiger partial charge in [-0.3, -0.25) is 4.79 Å². The second-order valence-corrected chi connectivity index (χ2v) is 10.8. The summed E-state index contributed by atoms with van der Waals surface area (Å²) in [5, 5.41) is 40.0. The largest absolute Gasteiger partial charge is 0.490 e. The van der Waals surface area contributed by atoms with Crippen LogP contribution in [0.1, 0.15) is 68.2 Å². The Labute approximate surface area is 237 Å². The maximum absolute atomic E-state index is 11.3. The lowest BCUT2D eigenvalue weighted by Crippen LogP contribution is -2.46. The molecule has 2 atom stereocenters. The molecular formula is C30H37F3N2O6. The number of para-hydroxylation sites is 1. The average Bonchev–Trinajstić information content (AvgIpc) is 3.30. The molecule has 1 aliphatic rings. The number of β-amino-alcohol motifs (C(OH)–C–C–N with tert-alkyl or cyclic N) is 1. The normalized spacial score (nSPS) is 14.7. The fourth-order valence-corrected chi connectivity index (χ4v) is 5.03. The second kappa shape index (κ2) is 14.8. The molecule has 2 aromatic carbocycles. The molecule has 0 fully saturated rings. The van der Waals surface area contributed by atoms with Gasteiger partial charge in [-0.05, 0) is 74.1 Å². The van der Waals surface area contributed by atoms with Crippen LogP contribution < -0.4 is 10.1 Å². The molecule has 224 valence electrons. The van der Waals surface area contributed by atoms with E-state index < -0.39 is 24.2 Å². The molecule has 1 unspecified atom stereocenters. The van der Waals surface area contributed by atoms with Crippen LogP contribution in [0, 0.1) is 17.2 Å². The molecule has 0 amide bonds. The van der Waals surface area contributed by atoms with Crippen molar-refractivity contribution in [3.05, 3.63) is 64.7 Å². The molecule has 1 aliphatic carbocycles. The fraction of sp³-hybridized carbons (Fsp3) is 0.500. The summed E-state index contributed by atoms with van der Waals surface area (Å²) in [7, 11) is 0. The first-order valence-corrected chi connectivity index (χ1v) is 13.3. The fourth-order valence-electron chi connectivity index (χ4n) is 5.03. The van der Waals surface area contributed by atoms with E-state index in [4.69, 9.17) is 14.6 Å². The average molecular weight is 579 g/mol. The minimum atomic E-state index is -5.08. The lowest BCUT2D eigenvalue weighted by atomic mass is 9.88. The Morgan fingerprint density at radius 1 is 1.10 bits per heavy atom. The lowest BCUT2D eigenvalue weighted by Gasteiger charge is -2.30. The molecule has 0 heterocycles. The molecule has 8 nitrogen and oxygen atoms in total. The highest BCUT2D eigenvalue weighted by molar-refractivity contribution is 5.73. The standard InChI is InChI=1S/C28H36N2O4.C2HF3O2/c1-4-20(14-26(32)33)25-11-7-10-23(16-29)27(25)34-18-24(31)17-30-28(2,3)15-19-12-21-8-5-6-9-22(21)13-19;3-2(4,5)1(6)7/h5-11,19-20,24,30-31H,4,12-15,17-18H2,1-3H3,(H,32,33);(H,6,7)/t20?,24-;/m1./s1. The van der Waals surface area contributed by atoms with E-state index >= 15 is 0 Å². The number of halogens is 3. The molecule has 11 heteroatoms. The predicted octanol–water partition coefficient (Wildman–Crippen LogP) is 5.07. The molecule has 3 rings (SSSR count). The third-order valence-corrected chi connectivity index (χ3v) is 6.93. The van der Waals surface area contributed by atoms with E-state index in [0.717, 1.165) is 19.3 Å². The molecule has 41 heavy (non-hydrogen) atoms. The topological polar surface area (TPSA) is 140 Å². The molecule has 0 bridgehead atoms. The Morgan fingerprint density at radius 2 is 1.68 bits per heavy atom. The summed E-state index contributed by atoms with van der Waals surface area (Å²) in [5.41, 5.74) is 3.79. The van der Waals surface area contributed by atoms with Gasteiger partial charge in [-0.1, -0.05) is 43.3 Å².